The maximum absolute atomic E-state index is 10.0. The summed E-state index contributed by atoms with van der Waals surface area (Å²) in [6.07, 6.45) is 3.70. The number of para-hydroxylation sites is 2. The van der Waals surface area contributed by atoms with Crippen LogP contribution in [0.2, 0.25) is 0 Å². The molecule has 2 aromatic heterocycles. The fourth-order valence-corrected chi connectivity index (χ4v) is 8.44. The van der Waals surface area contributed by atoms with E-state index in [9.17, 15) is 10.5 Å². The van der Waals surface area contributed by atoms with Crippen molar-refractivity contribution in [1.82, 2.24) is 9.55 Å². The molecule has 0 unspecified atom stereocenters. The quantitative estimate of drug-likeness (QED) is 0.192. The van der Waals surface area contributed by atoms with Crippen LogP contribution in [0.1, 0.15) is 33.4 Å². The lowest BCUT2D eigenvalue weighted by Gasteiger charge is -2.45. The Morgan fingerprint density at radius 2 is 1.14 bits per heavy atom. The smallest absolute Gasteiger partial charge is 0.0991 e. The third-order valence-corrected chi connectivity index (χ3v) is 10.3. The molecule has 0 amide bonds. The van der Waals surface area contributed by atoms with Crippen molar-refractivity contribution in [2.75, 3.05) is 4.90 Å². The fraction of sp³-hybridized carbons (Fsp3) is 0.0227. The second-order valence-electron chi connectivity index (χ2n) is 12.6. The van der Waals surface area contributed by atoms with Gasteiger partial charge < -0.3 is 9.47 Å². The van der Waals surface area contributed by atoms with E-state index in [0.717, 1.165) is 55.7 Å². The van der Waals surface area contributed by atoms with Crippen LogP contribution in [0.15, 0.2) is 152 Å². The average molecular weight is 624 g/mol. The highest BCUT2D eigenvalue weighted by atomic mass is 15.2. The van der Waals surface area contributed by atoms with Crippen molar-refractivity contribution in [1.29, 1.82) is 10.5 Å². The molecule has 0 radical (unpaired) electrons. The first-order valence-corrected chi connectivity index (χ1v) is 16.2. The Bertz CT molecular complexity index is 2730. The SMILES string of the molecule is N#Cc1ccc2c(c1)C1(c3ccccc3-2)c2ccccc2N(c2cccc(-n3c4ccncc4c4cc(C#N)ccc43)c2)c2ccccc21. The van der Waals surface area contributed by atoms with Crippen LogP contribution < -0.4 is 4.90 Å². The zero-order valence-electron chi connectivity index (χ0n) is 26.2. The summed E-state index contributed by atoms with van der Waals surface area (Å²) in [5.41, 5.74) is 14.0. The molecule has 0 saturated carbocycles. The number of anilines is 3. The number of nitriles is 2. The number of aromatic nitrogens is 2. The van der Waals surface area contributed by atoms with Crippen LogP contribution in [0, 0.1) is 22.7 Å². The maximum Gasteiger partial charge on any atom is 0.0991 e. The van der Waals surface area contributed by atoms with Crippen LogP contribution >= 0.6 is 0 Å². The van der Waals surface area contributed by atoms with Gasteiger partial charge in [-0.3, -0.25) is 4.98 Å². The number of hydrogen-bond donors (Lipinski definition) is 0. The van der Waals surface area contributed by atoms with Crippen LogP contribution in [0.25, 0.3) is 38.6 Å². The summed E-state index contributed by atoms with van der Waals surface area (Å²) in [7, 11) is 0. The van der Waals surface area contributed by atoms with E-state index in [1.165, 1.54) is 22.3 Å². The van der Waals surface area contributed by atoms with Gasteiger partial charge in [-0.2, -0.15) is 10.5 Å². The normalized spacial score (nSPS) is 13.4. The first kappa shape index (κ1) is 27.2. The van der Waals surface area contributed by atoms with E-state index >= 15 is 0 Å². The Morgan fingerprint density at radius 3 is 1.92 bits per heavy atom. The van der Waals surface area contributed by atoms with Gasteiger partial charge in [-0.15, -0.1) is 0 Å². The van der Waals surface area contributed by atoms with Gasteiger partial charge in [0.1, 0.15) is 0 Å². The molecule has 0 bridgehead atoms. The van der Waals surface area contributed by atoms with Crippen molar-refractivity contribution in [2.24, 2.45) is 0 Å². The van der Waals surface area contributed by atoms with Crippen molar-refractivity contribution in [3.63, 3.8) is 0 Å². The van der Waals surface area contributed by atoms with Gasteiger partial charge in [0, 0.05) is 34.5 Å². The van der Waals surface area contributed by atoms with E-state index in [-0.39, 0.29) is 0 Å². The summed E-state index contributed by atoms with van der Waals surface area (Å²) in [5.74, 6) is 0. The minimum atomic E-state index is -0.599. The Kier molecular flexibility index (Phi) is 5.56. The summed E-state index contributed by atoms with van der Waals surface area (Å²) in [5, 5.41) is 21.7. The van der Waals surface area contributed by atoms with Crippen molar-refractivity contribution in [2.45, 2.75) is 5.41 Å². The van der Waals surface area contributed by atoms with Gasteiger partial charge in [0.05, 0.1) is 51.1 Å². The van der Waals surface area contributed by atoms with E-state index in [0.29, 0.717) is 11.1 Å². The summed E-state index contributed by atoms with van der Waals surface area (Å²) >= 11 is 0. The minimum Gasteiger partial charge on any atom is -0.310 e. The molecule has 6 aromatic carbocycles. The second kappa shape index (κ2) is 10.0. The molecule has 1 aliphatic carbocycles. The first-order chi connectivity index (χ1) is 24.2. The highest BCUT2D eigenvalue weighted by molar-refractivity contribution is 6.09. The zero-order valence-corrected chi connectivity index (χ0v) is 26.2. The lowest BCUT2D eigenvalue weighted by atomic mass is 9.64. The van der Waals surface area contributed by atoms with Crippen molar-refractivity contribution >= 4 is 38.9 Å². The minimum absolute atomic E-state index is 0.599. The van der Waals surface area contributed by atoms with E-state index in [1.54, 1.807) is 0 Å². The number of fused-ring (bicyclic) bond motifs is 12. The van der Waals surface area contributed by atoms with Crippen LogP contribution in [0.5, 0.6) is 0 Å². The molecule has 49 heavy (non-hydrogen) atoms. The molecular formula is C44H25N5. The van der Waals surface area contributed by atoms with Gasteiger partial charge in [0.25, 0.3) is 0 Å². The third-order valence-electron chi connectivity index (χ3n) is 10.3. The van der Waals surface area contributed by atoms with Gasteiger partial charge in [-0.05, 0) is 100 Å². The molecule has 5 nitrogen and oxygen atoms in total. The molecule has 1 spiro atoms. The van der Waals surface area contributed by atoms with Gasteiger partial charge in [0.15, 0.2) is 0 Å². The Balaban J connectivity index is 1.25. The Morgan fingerprint density at radius 1 is 0.510 bits per heavy atom. The predicted molar refractivity (Wildman–Crippen MR) is 194 cm³/mol. The van der Waals surface area contributed by atoms with Crippen molar-refractivity contribution < 1.29 is 0 Å². The maximum atomic E-state index is 10.0. The number of rotatable bonds is 2. The number of nitrogens with zero attached hydrogens (tertiary/aromatic N) is 5. The van der Waals surface area contributed by atoms with E-state index in [2.05, 4.69) is 136 Å². The molecule has 0 N–H and O–H groups in total. The van der Waals surface area contributed by atoms with Crippen LogP contribution in [0.3, 0.4) is 0 Å². The molecule has 226 valence electrons. The van der Waals surface area contributed by atoms with E-state index < -0.39 is 5.41 Å². The Hall–Kier alpha value is -6.95. The highest BCUT2D eigenvalue weighted by Gasteiger charge is 2.51. The predicted octanol–water partition coefficient (Wildman–Crippen LogP) is 10.1. The summed E-state index contributed by atoms with van der Waals surface area (Å²) in [6, 6.07) is 53.5. The van der Waals surface area contributed by atoms with Crippen molar-refractivity contribution in [3.05, 3.63) is 185 Å². The topological polar surface area (TPSA) is 68.6 Å². The Labute approximate surface area is 282 Å². The highest BCUT2D eigenvalue weighted by Crippen LogP contribution is 2.63. The van der Waals surface area contributed by atoms with Crippen LogP contribution in [-0.2, 0) is 5.41 Å². The van der Waals surface area contributed by atoms with E-state index in [4.69, 9.17) is 0 Å². The molecule has 5 heteroatoms. The fourth-order valence-electron chi connectivity index (χ4n) is 8.44. The van der Waals surface area contributed by atoms with Crippen LogP contribution in [0.4, 0.5) is 17.1 Å². The molecule has 0 atom stereocenters. The van der Waals surface area contributed by atoms with E-state index in [1.807, 2.05) is 42.7 Å². The number of pyridine rings is 1. The first-order valence-electron chi connectivity index (χ1n) is 16.2. The lowest BCUT2D eigenvalue weighted by Crippen LogP contribution is -2.36. The standard InChI is InChI=1S/C44H25N5/c45-25-28-17-19-40-34(22-28)35-27-47-21-20-41(35)48(40)30-8-7-9-31(24-30)49-42-14-5-3-12-37(42)44(38-13-4-6-15-43(38)49)36-11-2-1-10-32(36)33-18-16-29(26-46)23-39(33)44/h1-24,27H. The second-order valence-corrected chi connectivity index (χ2v) is 12.6. The average Bonchev–Trinajstić information content (AvgIpc) is 3.65. The summed E-state index contributed by atoms with van der Waals surface area (Å²) in [6.45, 7) is 0. The van der Waals surface area contributed by atoms with Gasteiger partial charge in [-0.1, -0.05) is 72.8 Å². The van der Waals surface area contributed by atoms with Gasteiger partial charge in [-0.25, -0.2) is 0 Å². The molecule has 1 aliphatic heterocycles. The molecule has 0 fully saturated rings. The van der Waals surface area contributed by atoms with Gasteiger partial charge in [0.2, 0.25) is 0 Å². The molecule has 10 rings (SSSR count). The molecule has 2 aliphatic rings. The molecule has 8 aromatic rings. The lowest BCUT2D eigenvalue weighted by molar-refractivity contribution is 0.752. The third kappa shape index (κ3) is 3.54. The largest absolute Gasteiger partial charge is 0.310 e. The monoisotopic (exact) mass is 623 g/mol. The zero-order chi connectivity index (χ0) is 32.7. The van der Waals surface area contributed by atoms with Crippen LogP contribution in [-0.4, -0.2) is 9.55 Å². The number of benzene rings is 6. The van der Waals surface area contributed by atoms with Gasteiger partial charge >= 0.3 is 0 Å². The van der Waals surface area contributed by atoms with Crippen molar-refractivity contribution in [3.8, 4) is 29.0 Å². The number of hydrogen-bond acceptors (Lipinski definition) is 4. The molecular weight excluding hydrogens is 599 g/mol. The molecule has 3 heterocycles. The molecule has 0 saturated heterocycles. The summed E-state index contributed by atoms with van der Waals surface area (Å²) < 4.78 is 2.26. The summed E-state index contributed by atoms with van der Waals surface area (Å²) in [4.78, 5) is 6.79.